The van der Waals surface area contributed by atoms with Crippen molar-refractivity contribution in [2.45, 2.75) is 62.6 Å². The van der Waals surface area contributed by atoms with Crippen LogP contribution in [0.3, 0.4) is 0 Å². The maximum absolute atomic E-state index is 11.6. The Morgan fingerprint density at radius 3 is 2.49 bits per heavy atom. The van der Waals surface area contributed by atoms with Crippen LogP contribution in [0.5, 0.6) is 0 Å². The first-order valence-corrected chi connectivity index (χ1v) is 12.6. The fourth-order valence-electron chi connectivity index (χ4n) is 3.76. The van der Waals surface area contributed by atoms with Gasteiger partial charge in [-0.3, -0.25) is 4.79 Å². The molecule has 1 aromatic carbocycles. The number of rotatable bonds is 9. The largest absolute Gasteiger partial charge is 0.389 e. The van der Waals surface area contributed by atoms with Crippen molar-refractivity contribution >= 4 is 40.7 Å². The van der Waals surface area contributed by atoms with Gasteiger partial charge in [0.2, 0.25) is 5.91 Å². The van der Waals surface area contributed by atoms with E-state index in [1.54, 1.807) is 6.92 Å². The highest BCUT2D eigenvalue weighted by molar-refractivity contribution is 7.99. The van der Waals surface area contributed by atoms with Crippen LogP contribution in [-0.2, 0) is 4.79 Å². The number of nitrogens with one attached hydrogen (secondary N) is 3. The minimum absolute atomic E-state index is 0.0335. The minimum atomic E-state index is -0.661. The van der Waals surface area contributed by atoms with Crippen LogP contribution >= 0.6 is 11.8 Å². The number of aliphatic hydroxyl groups is 1. The number of carbonyl (C=O) groups is 1. The molecule has 10 heteroatoms. The molecule has 1 amide bonds. The number of amides is 1. The summed E-state index contributed by atoms with van der Waals surface area (Å²) >= 11 is 1.41. The highest BCUT2D eigenvalue weighted by Gasteiger charge is 2.35. The van der Waals surface area contributed by atoms with E-state index in [4.69, 9.17) is 16.1 Å². The van der Waals surface area contributed by atoms with Crippen LogP contribution in [0.1, 0.15) is 47.0 Å². The van der Waals surface area contributed by atoms with E-state index in [0.717, 1.165) is 16.4 Å². The molecule has 2 aromatic rings. The predicted molar refractivity (Wildman–Crippen MR) is 142 cm³/mol. The summed E-state index contributed by atoms with van der Waals surface area (Å²) in [5.41, 5.74) is 6.45. The average molecular weight is 498 g/mol. The van der Waals surface area contributed by atoms with Crippen molar-refractivity contribution in [3.05, 3.63) is 42.2 Å². The Hall–Kier alpha value is -3.11. The van der Waals surface area contributed by atoms with E-state index in [0.29, 0.717) is 54.9 Å². The Balaban J connectivity index is 1.84. The summed E-state index contributed by atoms with van der Waals surface area (Å²) in [4.78, 5) is 24.1. The average Bonchev–Trinajstić information content (AvgIpc) is 2.80. The molecule has 1 saturated heterocycles. The molecule has 1 fully saturated rings. The Kier molecular flexibility index (Phi) is 8.74. The van der Waals surface area contributed by atoms with Gasteiger partial charge in [-0.2, -0.15) is 0 Å². The summed E-state index contributed by atoms with van der Waals surface area (Å²) in [5.74, 6) is 1.76. The maximum atomic E-state index is 11.6. The molecule has 6 N–H and O–H groups in total. The number of hydrogen-bond donors (Lipinski definition) is 5. The molecule has 0 aliphatic carbocycles. The van der Waals surface area contributed by atoms with E-state index in [1.807, 2.05) is 37.3 Å². The monoisotopic (exact) mass is 497 g/mol. The molecule has 3 rings (SSSR count). The number of benzene rings is 1. The number of anilines is 3. The number of nitrogens with two attached hydrogens (primary N) is 1. The molecule has 188 valence electrons. The zero-order valence-corrected chi connectivity index (χ0v) is 21.6. The summed E-state index contributed by atoms with van der Waals surface area (Å²) in [5, 5.41) is 24.9. The zero-order chi connectivity index (χ0) is 25.6. The number of allylic oxidation sites excluding steroid dienone is 1. The first-order chi connectivity index (χ1) is 16.6. The molecule has 0 radical (unpaired) electrons. The molecular weight excluding hydrogens is 462 g/mol. The van der Waals surface area contributed by atoms with Gasteiger partial charge < -0.3 is 31.8 Å². The van der Waals surface area contributed by atoms with Crippen LogP contribution in [0, 0.1) is 11.3 Å². The second-order valence-electron chi connectivity index (χ2n) is 9.08. The fraction of sp³-hybridized carbons (Fsp3) is 0.440. The smallest absolute Gasteiger partial charge is 0.224 e. The summed E-state index contributed by atoms with van der Waals surface area (Å²) in [7, 11) is 0. The number of carbonyl (C=O) groups excluding carboxylic acids is 1. The molecule has 0 unspecified atom stereocenters. The zero-order valence-electron chi connectivity index (χ0n) is 20.8. The van der Waals surface area contributed by atoms with E-state index in [9.17, 15) is 9.90 Å². The van der Waals surface area contributed by atoms with E-state index < -0.39 is 5.60 Å². The second-order valence-corrected chi connectivity index (χ2v) is 10.1. The van der Waals surface area contributed by atoms with Gasteiger partial charge in [0.25, 0.3) is 0 Å². The quantitative estimate of drug-likeness (QED) is 0.256. The molecule has 1 aliphatic rings. The molecule has 1 aliphatic heterocycles. The lowest BCUT2D eigenvalue weighted by Gasteiger charge is -2.41. The summed E-state index contributed by atoms with van der Waals surface area (Å²) in [6.07, 6.45) is 3.29. The van der Waals surface area contributed by atoms with Crippen LogP contribution in [0.2, 0.25) is 0 Å². The highest BCUT2D eigenvalue weighted by atomic mass is 32.2. The predicted octanol–water partition coefficient (Wildman–Crippen LogP) is 4.22. The van der Waals surface area contributed by atoms with Crippen LogP contribution in [0.4, 0.5) is 17.3 Å². The molecule has 2 heterocycles. The first kappa shape index (κ1) is 26.5. The van der Waals surface area contributed by atoms with Gasteiger partial charge >= 0.3 is 0 Å². The van der Waals surface area contributed by atoms with Gasteiger partial charge in [0.1, 0.15) is 17.5 Å². The molecule has 0 atom stereocenters. The van der Waals surface area contributed by atoms with Crippen molar-refractivity contribution in [3.63, 3.8) is 0 Å². The van der Waals surface area contributed by atoms with Crippen LogP contribution in [0.15, 0.2) is 52.3 Å². The fourth-order valence-corrected chi connectivity index (χ4v) is 4.53. The van der Waals surface area contributed by atoms with Crippen LogP contribution in [0.25, 0.3) is 0 Å². The second kappa shape index (κ2) is 11.5. The molecular formula is C25H35N7O2S. The summed E-state index contributed by atoms with van der Waals surface area (Å²) in [6, 6.07) is 9.37. The summed E-state index contributed by atoms with van der Waals surface area (Å²) in [6.45, 7) is 8.94. The number of piperidine rings is 1. The molecule has 0 saturated carbocycles. The van der Waals surface area contributed by atoms with Crippen molar-refractivity contribution < 1.29 is 9.90 Å². The Morgan fingerprint density at radius 1 is 1.26 bits per heavy atom. The van der Waals surface area contributed by atoms with Crippen molar-refractivity contribution in [1.29, 1.82) is 5.41 Å². The Labute approximate surface area is 211 Å². The first-order valence-electron chi connectivity index (χ1n) is 11.8. The number of nitrogens with zero attached hydrogens (tertiary/aromatic N) is 3. The van der Waals surface area contributed by atoms with Crippen molar-refractivity contribution in [3.8, 4) is 0 Å². The molecule has 0 spiro atoms. The van der Waals surface area contributed by atoms with E-state index in [2.05, 4.69) is 34.4 Å². The van der Waals surface area contributed by atoms with Gasteiger partial charge in [-0.25, -0.2) is 9.97 Å². The number of aromatic nitrogens is 2. The van der Waals surface area contributed by atoms with Gasteiger partial charge in [-0.1, -0.05) is 20.8 Å². The van der Waals surface area contributed by atoms with Crippen molar-refractivity contribution in [2.75, 3.05) is 28.6 Å². The Morgan fingerprint density at radius 2 is 1.91 bits per heavy atom. The van der Waals surface area contributed by atoms with Gasteiger partial charge in [0.15, 0.2) is 5.16 Å². The van der Waals surface area contributed by atoms with Gasteiger partial charge in [0.05, 0.1) is 5.60 Å². The number of hydrogen-bond acceptors (Lipinski definition) is 9. The molecule has 35 heavy (non-hydrogen) atoms. The van der Waals surface area contributed by atoms with E-state index in [-0.39, 0.29) is 11.8 Å². The van der Waals surface area contributed by atoms with Crippen molar-refractivity contribution in [2.24, 2.45) is 11.7 Å². The third kappa shape index (κ3) is 7.43. The maximum Gasteiger partial charge on any atom is 0.224 e. The van der Waals surface area contributed by atoms with Crippen molar-refractivity contribution in [1.82, 2.24) is 9.97 Å². The van der Waals surface area contributed by atoms with Gasteiger partial charge in [-0.15, -0.1) is 0 Å². The molecule has 9 nitrogen and oxygen atoms in total. The van der Waals surface area contributed by atoms with E-state index in [1.165, 1.54) is 17.8 Å². The van der Waals surface area contributed by atoms with E-state index >= 15 is 0 Å². The minimum Gasteiger partial charge on any atom is -0.389 e. The highest BCUT2D eigenvalue weighted by Crippen LogP contribution is 2.33. The lowest BCUT2D eigenvalue weighted by Crippen LogP contribution is -2.47. The molecule has 1 aromatic heterocycles. The normalized spacial score (nSPS) is 15.7. The summed E-state index contributed by atoms with van der Waals surface area (Å²) < 4.78 is 0. The third-order valence-corrected chi connectivity index (χ3v) is 6.91. The van der Waals surface area contributed by atoms with Crippen LogP contribution < -0.4 is 21.3 Å². The van der Waals surface area contributed by atoms with Gasteiger partial charge in [0, 0.05) is 41.9 Å². The standard InChI is InChI=1S/C25H35N7O2S/c1-5-23(33)28-18-6-8-19(9-7-18)35-24-30-21(29-20(27)14-17(4)26)15-22(31-24)32-12-10-25(34,11-13-32)16(2)3/h6-9,14-16,26,34H,5,10-13,27H2,1-4H3,(H,28,33)(H,29,30,31)/b20-14+,26-17?. The third-order valence-electron chi connectivity index (χ3n) is 6.03. The SMILES string of the molecule is CCC(=O)Nc1ccc(Sc2nc(N/C(N)=C/C(C)=N)cc(N3CCC(O)(C(C)C)CC3)n2)cc1. The van der Waals surface area contributed by atoms with Crippen LogP contribution in [-0.4, -0.2) is 45.4 Å². The topological polar surface area (TPSA) is 140 Å². The van der Waals surface area contributed by atoms with Gasteiger partial charge in [-0.05, 0) is 67.8 Å². The lowest BCUT2D eigenvalue weighted by atomic mass is 9.81. The molecule has 0 bridgehead atoms. The lowest BCUT2D eigenvalue weighted by molar-refractivity contribution is -0.115. The Bertz CT molecular complexity index is 1080.